The number of hydrogen-bond donors (Lipinski definition) is 1. The highest BCUT2D eigenvalue weighted by atomic mass is 32.2. The molecule has 0 atom stereocenters. The third-order valence-electron chi connectivity index (χ3n) is 3.52. The fourth-order valence-corrected chi connectivity index (χ4v) is 4.96. The Morgan fingerprint density at radius 2 is 1.50 bits per heavy atom. The zero-order valence-corrected chi connectivity index (χ0v) is 14.5. The van der Waals surface area contributed by atoms with Crippen molar-refractivity contribution in [3.05, 3.63) is 24.3 Å². The van der Waals surface area contributed by atoms with Gasteiger partial charge in [-0.15, -0.1) is 0 Å². The molecule has 0 aliphatic carbocycles. The first-order chi connectivity index (χ1) is 10.2. The van der Waals surface area contributed by atoms with Gasteiger partial charge in [0.2, 0.25) is 20.0 Å². The van der Waals surface area contributed by atoms with Crippen molar-refractivity contribution in [1.82, 2.24) is 9.03 Å². The van der Waals surface area contributed by atoms with Crippen molar-refractivity contribution in [2.24, 2.45) is 5.92 Å². The van der Waals surface area contributed by atoms with E-state index in [2.05, 4.69) is 4.72 Å². The molecule has 0 aromatic heterocycles. The lowest BCUT2D eigenvalue weighted by atomic mass is 10.2. The molecule has 1 aromatic carbocycles. The van der Waals surface area contributed by atoms with Crippen molar-refractivity contribution in [3.8, 4) is 0 Å². The molecule has 8 heteroatoms. The molecule has 0 spiro atoms. The molecule has 1 saturated heterocycles. The van der Waals surface area contributed by atoms with E-state index < -0.39 is 20.0 Å². The van der Waals surface area contributed by atoms with Crippen LogP contribution in [0.15, 0.2) is 34.1 Å². The van der Waals surface area contributed by atoms with Crippen LogP contribution in [0.1, 0.15) is 26.7 Å². The standard InChI is InChI=1S/C14H22N2O4S2/c1-12(2)11-15-21(17,18)13-5-7-14(8-6-13)22(19,20)16-9-3-4-10-16/h5-8,12,15H,3-4,9-11H2,1-2H3. The predicted molar refractivity (Wildman–Crippen MR) is 84.5 cm³/mol. The Hall–Kier alpha value is -0.960. The number of hydrogen-bond acceptors (Lipinski definition) is 4. The average Bonchev–Trinajstić information content (AvgIpc) is 3.00. The van der Waals surface area contributed by atoms with Crippen molar-refractivity contribution < 1.29 is 16.8 Å². The summed E-state index contributed by atoms with van der Waals surface area (Å²) >= 11 is 0. The first-order valence-electron chi connectivity index (χ1n) is 7.33. The van der Waals surface area contributed by atoms with Gasteiger partial charge in [-0.1, -0.05) is 13.8 Å². The highest BCUT2D eigenvalue weighted by molar-refractivity contribution is 7.89. The van der Waals surface area contributed by atoms with E-state index in [1.165, 1.54) is 28.6 Å². The smallest absolute Gasteiger partial charge is 0.211 e. The summed E-state index contributed by atoms with van der Waals surface area (Å²) in [6, 6.07) is 5.40. The zero-order valence-electron chi connectivity index (χ0n) is 12.8. The Bertz CT molecular complexity index is 704. The molecule has 22 heavy (non-hydrogen) atoms. The molecule has 1 aliphatic rings. The Morgan fingerprint density at radius 3 is 2.00 bits per heavy atom. The lowest BCUT2D eigenvalue weighted by Gasteiger charge is -2.15. The molecule has 1 heterocycles. The monoisotopic (exact) mass is 346 g/mol. The van der Waals surface area contributed by atoms with Crippen molar-refractivity contribution in [2.75, 3.05) is 19.6 Å². The van der Waals surface area contributed by atoms with Gasteiger partial charge in [0.15, 0.2) is 0 Å². The first kappa shape index (κ1) is 17.4. The third-order valence-corrected chi connectivity index (χ3v) is 6.87. The van der Waals surface area contributed by atoms with E-state index >= 15 is 0 Å². The van der Waals surface area contributed by atoms with Gasteiger partial charge < -0.3 is 0 Å². The summed E-state index contributed by atoms with van der Waals surface area (Å²) in [5.74, 6) is 0.199. The summed E-state index contributed by atoms with van der Waals surface area (Å²) in [4.78, 5) is 0.214. The summed E-state index contributed by atoms with van der Waals surface area (Å²) in [6.45, 7) is 5.22. The van der Waals surface area contributed by atoms with Crippen LogP contribution in [-0.2, 0) is 20.0 Å². The molecule has 2 rings (SSSR count). The maximum absolute atomic E-state index is 12.4. The molecule has 0 bridgehead atoms. The maximum atomic E-state index is 12.4. The molecular weight excluding hydrogens is 324 g/mol. The number of nitrogens with one attached hydrogen (secondary N) is 1. The predicted octanol–water partition coefficient (Wildman–Crippen LogP) is 1.41. The van der Waals surface area contributed by atoms with Crippen LogP contribution in [0, 0.1) is 5.92 Å². The highest BCUT2D eigenvalue weighted by Gasteiger charge is 2.27. The summed E-state index contributed by atoms with van der Waals surface area (Å²) in [6.07, 6.45) is 1.73. The van der Waals surface area contributed by atoms with Crippen LogP contribution in [0.25, 0.3) is 0 Å². The van der Waals surface area contributed by atoms with Crippen molar-refractivity contribution in [2.45, 2.75) is 36.5 Å². The van der Waals surface area contributed by atoms with Gasteiger partial charge in [0.25, 0.3) is 0 Å². The van der Waals surface area contributed by atoms with E-state index in [4.69, 9.17) is 0 Å². The summed E-state index contributed by atoms with van der Waals surface area (Å²) in [7, 11) is -7.10. The fraction of sp³-hybridized carbons (Fsp3) is 0.571. The second kappa shape index (κ2) is 6.66. The van der Waals surface area contributed by atoms with Crippen LogP contribution in [0.3, 0.4) is 0 Å². The average molecular weight is 346 g/mol. The summed E-state index contributed by atoms with van der Waals surface area (Å²) < 4.78 is 52.8. The second-order valence-electron chi connectivity index (χ2n) is 5.83. The van der Waals surface area contributed by atoms with E-state index in [0.29, 0.717) is 19.6 Å². The normalized spacial score (nSPS) is 17.2. The fourth-order valence-electron chi connectivity index (χ4n) is 2.23. The van der Waals surface area contributed by atoms with E-state index in [1.54, 1.807) is 0 Å². The van der Waals surface area contributed by atoms with E-state index in [9.17, 15) is 16.8 Å². The molecule has 124 valence electrons. The number of benzene rings is 1. The van der Waals surface area contributed by atoms with Gasteiger partial charge in [-0.2, -0.15) is 4.31 Å². The molecule has 6 nitrogen and oxygen atoms in total. The van der Waals surface area contributed by atoms with Crippen molar-refractivity contribution in [3.63, 3.8) is 0 Å². The lowest BCUT2D eigenvalue weighted by Crippen LogP contribution is -2.29. The molecular formula is C14H22N2O4S2. The molecule has 0 radical (unpaired) electrons. The van der Waals surface area contributed by atoms with Crippen LogP contribution < -0.4 is 4.72 Å². The van der Waals surface area contributed by atoms with Gasteiger partial charge >= 0.3 is 0 Å². The number of nitrogens with zero attached hydrogens (tertiary/aromatic N) is 1. The van der Waals surface area contributed by atoms with Crippen LogP contribution in [0.4, 0.5) is 0 Å². The largest absolute Gasteiger partial charge is 0.243 e. The minimum absolute atomic E-state index is 0.0773. The van der Waals surface area contributed by atoms with Gasteiger partial charge in [-0.05, 0) is 43.0 Å². The Morgan fingerprint density at radius 1 is 1.00 bits per heavy atom. The van der Waals surface area contributed by atoms with Crippen LogP contribution in [-0.4, -0.2) is 40.8 Å². The third kappa shape index (κ3) is 3.87. The zero-order chi connectivity index (χ0) is 16.4. The molecule has 0 saturated carbocycles. The van der Waals surface area contributed by atoms with Gasteiger partial charge in [0.05, 0.1) is 9.79 Å². The number of rotatable bonds is 6. The highest BCUT2D eigenvalue weighted by Crippen LogP contribution is 2.22. The second-order valence-corrected chi connectivity index (χ2v) is 9.53. The molecule has 1 aliphatic heterocycles. The quantitative estimate of drug-likeness (QED) is 0.844. The van der Waals surface area contributed by atoms with Gasteiger partial charge in [-0.3, -0.25) is 0 Å². The van der Waals surface area contributed by atoms with Crippen LogP contribution in [0.2, 0.25) is 0 Å². The van der Waals surface area contributed by atoms with E-state index in [-0.39, 0.29) is 15.7 Å². The summed E-state index contributed by atoms with van der Waals surface area (Å²) in [5, 5.41) is 0. The Kier molecular flexibility index (Phi) is 5.26. The lowest BCUT2D eigenvalue weighted by molar-refractivity contribution is 0.477. The minimum Gasteiger partial charge on any atom is -0.211 e. The maximum Gasteiger partial charge on any atom is 0.243 e. The number of sulfonamides is 2. The Balaban J connectivity index is 2.20. The SMILES string of the molecule is CC(C)CNS(=O)(=O)c1ccc(S(=O)(=O)N2CCCC2)cc1. The van der Waals surface area contributed by atoms with Crippen LogP contribution in [0.5, 0.6) is 0 Å². The molecule has 1 fully saturated rings. The first-order valence-corrected chi connectivity index (χ1v) is 10.3. The topological polar surface area (TPSA) is 83.5 Å². The minimum atomic E-state index is -3.60. The molecule has 1 N–H and O–H groups in total. The molecule has 0 amide bonds. The molecule has 1 aromatic rings. The van der Waals surface area contributed by atoms with Crippen molar-refractivity contribution >= 4 is 20.0 Å². The van der Waals surface area contributed by atoms with E-state index in [0.717, 1.165) is 12.8 Å². The van der Waals surface area contributed by atoms with Gasteiger partial charge in [-0.25, -0.2) is 21.6 Å². The summed E-state index contributed by atoms with van der Waals surface area (Å²) in [5.41, 5.74) is 0. The molecule has 0 unspecified atom stereocenters. The van der Waals surface area contributed by atoms with Gasteiger partial charge in [0.1, 0.15) is 0 Å². The van der Waals surface area contributed by atoms with E-state index in [1.807, 2.05) is 13.8 Å². The Labute approximate surface area is 132 Å². The van der Waals surface area contributed by atoms with Crippen LogP contribution >= 0.6 is 0 Å². The van der Waals surface area contributed by atoms with Gasteiger partial charge in [0, 0.05) is 19.6 Å². The van der Waals surface area contributed by atoms with Crippen molar-refractivity contribution in [1.29, 1.82) is 0 Å².